The minimum atomic E-state index is 0.161. The van der Waals surface area contributed by atoms with Crippen LogP contribution in [0.3, 0.4) is 0 Å². The van der Waals surface area contributed by atoms with Crippen LogP contribution in [0.1, 0.15) is 45.6 Å². The van der Waals surface area contributed by atoms with Gasteiger partial charge in [-0.05, 0) is 36.3 Å². The van der Waals surface area contributed by atoms with Crippen molar-refractivity contribution in [3.63, 3.8) is 0 Å². The third-order valence-corrected chi connectivity index (χ3v) is 3.72. The van der Waals surface area contributed by atoms with Gasteiger partial charge in [0.25, 0.3) is 0 Å². The molecule has 0 spiro atoms. The second-order valence-corrected chi connectivity index (χ2v) is 6.14. The zero-order valence-electron chi connectivity index (χ0n) is 11.9. The SMILES string of the molecule is COC1CCCC1Nc1ccc(C(C)(C)C)cn1. The van der Waals surface area contributed by atoms with Crippen LogP contribution < -0.4 is 5.32 Å². The van der Waals surface area contributed by atoms with Crippen LogP contribution in [0.15, 0.2) is 18.3 Å². The lowest BCUT2D eigenvalue weighted by Crippen LogP contribution is -2.30. The fourth-order valence-corrected chi connectivity index (χ4v) is 2.49. The molecule has 1 aromatic rings. The molecule has 2 atom stereocenters. The summed E-state index contributed by atoms with van der Waals surface area (Å²) in [6.07, 6.45) is 5.85. The predicted octanol–water partition coefficient (Wildman–Crippen LogP) is 3.36. The Labute approximate surface area is 110 Å². The first kappa shape index (κ1) is 13.3. The molecule has 1 aliphatic rings. The lowest BCUT2D eigenvalue weighted by Gasteiger charge is -2.22. The van der Waals surface area contributed by atoms with Crippen LogP contribution >= 0.6 is 0 Å². The molecular formula is C15H24N2O. The number of hydrogen-bond acceptors (Lipinski definition) is 3. The molecule has 2 unspecified atom stereocenters. The quantitative estimate of drug-likeness (QED) is 0.890. The number of rotatable bonds is 3. The standard InChI is InChI=1S/C15H24N2O/c1-15(2,3)11-8-9-14(16-10-11)17-12-6-5-7-13(12)18-4/h8-10,12-13H,5-7H2,1-4H3,(H,16,17). The van der Waals surface area contributed by atoms with Gasteiger partial charge in [-0.25, -0.2) is 4.98 Å². The maximum Gasteiger partial charge on any atom is 0.126 e. The van der Waals surface area contributed by atoms with Crippen molar-refractivity contribution in [3.05, 3.63) is 23.9 Å². The molecule has 0 radical (unpaired) electrons. The second kappa shape index (κ2) is 5.27. The smallest absolute Gasteiger partial charge is 0.126 e. The van der Waals surface area contributed by atoms with Crippen LogP contribution in [0.2, 0.25) is 0 Å². The minimum Gasteiger partial charge on any atom is -0.379 e. The van der Waals surface area contributed by atoms with Gasteiger partial charge in [-0.2, -0.15) is 0 Å². The van der Waals surface area contributed by atoms with E-state index in [9.17, 15) is 0 Å². The van der Waals surface area contributed by atoms with E-state index in [2.05, 4.69) is 43.2 Å². The number of hydrogen-bond donors (Lipinski definition) is 1. The maximum atomic E-state index is 5.48. The summed E-state index contributed by atoms with van der Waals surface area (Å²) in [6.45, 7) is 6.61. The number of aromatic nitrogens is 1. The van der Waals surface area contributed by atoms with Crippen molar-refractivity contribution < 1.29 is 4.74 Å². The molecule has 0 aromatic carbocycles. The Morgan fingerprint density at radius 3 is 2.61 bits per heavy atom. The fourth-order valence-electron chi connectivity index (χ4n) is 2.49. The van der Waals surface area contributed by atoms with Crippen molar-refractivity contribution in [2.75, 3.05) is 12.4 Å². The van der Waals surface area contributed by atoms with Crippen molar-refractivity contribution in [2.24, 2.45) is 0 Å². The van der Waals surface area contributed by atoms with Gasteiger partial charge < -0.3 is 10.1 Å². The highest BCUT2D eigenvalue weighted by atomic mass is 16.5. The van der Waals surface area contributed by atoms with E-state index in [1.165, 1.54) is 18.4 Å². The average molecular weight is 248 g/mol. The molecule has 3 nitrogen and oxygen atoms in total. The molecule has 0 bridgehead atoms. The lowest BCUT2D eigenvalue weighted by atomic mass is 9.88. The van der Waals surface area contributed by atoms with Crippen molar-refractivity contribution in [3.8, 4) is 0 Å². The summed E-state index contributed by atoms with van der Waals surface area (Å²) in [5.41, 5.74) is 1.43. The number of ether oxygens (including phenoxy) is 1. The highest BCUT2D eigenvalue weighted by molar-refractivity contribution is 5.38. The fraction of sp³-hybridized carbons (Fsp3) is 0.667. The van der Waals surface area contributed by atoms with Gasteiger partial charge in [0.1, 0.15) is 5.82 Å². The molecule has 1 aliphatic carbocycles. The van der Waals surface area contributed by atoms with Crippen LogP contribution in [0, 0.1) is 0 Å². The van der Waals surface area contributed by atoms with Crippen molar-refractivity contribution in [1.82, 2.24) is 4.98 Å². The van der Waals surface area contributed by atoms with E-state index in [1.807, 2.05) is 6.20 Å². The van der Waals surface area contributed by atoms with Crippen LogP contribution in [0.5, 0.6) is 0 Å². The van der Waals surface area contributed by atoms with Gasteiger partial charge in [0.05, 0.1) is 12.1 Å². The molecule has 1 N–H and O–H groups in total. The normalized spacial score (nSPS) is 24.2. The number of nitrogens with zero attached hydrogens (tertiary/aromatic N) is 1. The Morgan fingerprint density at radius 2 is 2.06 bits per heavy atom. The molecule has 0 saturated heterocycles. The summed E-state index contributed by atoms with van der Waals surface area (Å²) in [6, 6.07) is 4.64. The van der Waals surface area contributed by atoms with E-state index in [1.54, 1.807) is 7.11 Å². The van der Waals surface area contributed by atoms with E-state index in [0.29, 0.717) is 12.1 Å². The minimum absolute atomic E-state index is 0.161. The third kappa shape index (κ3) is 3.02. The molecule has 0 amide bonds. The first-order chi connectivity index (χ1) is 8.50. The van der Waals surface area contributed by atoms with Gasteiger partial charge in [0.2, 0.25) is 0 Å². The number of methoxy groups -OCH3 is 1. The van der Waals surface area contributed by atoms with E-state index >= 15 is 0 Å². The molecule has 2 rings (SSSR count). The predicted molar refractivity (Wildman–Crippen MR) is 75.0 cm³/mol. The monoisotopic (exact) mass is 248 g/mol. The third-order valence-electron chi connectivity index (χ3n) is 3.72. The molecule has 1 aromatic heterocycles. The van der Waals surface area contributed by atoms with Gasteiger partial charge in [0, 0.05) is 13.3 Å². The van der Waals surface area contributed by atoms with E-state index in [0.717, 1.165) is 12.2 Å². The Kier molecular flexibility index (Phi) is 3.91. The second-order valence-electron chi connectivity index (χ2n) is 6.14. The number of anilines is 1. The van der Waals surface area contributed by atoms with Crippen molar-refractivity contribution >= 4 is 5.82 Å². The molecule has 1 heterocycles. The topological polar surface area (TPSA) is 34.1 Å². The van der Waals surface area contributed by atoms with Gasteiger partial charge in [-0.3, -0.25) is 0 Å². The Hall–Kier alpha value is -1.09. The van der Waals surface area contributed by atoms with E-state index in [-0.39, 0.29) is 5.41 Å². The largest absolute Gasteiger partial charge is 0.379 e. The molecule has 0 aliphatic heterocycles. The Morgan fingerprint density at radius 1 is 1.28 bits per heavy atom. The summed E-state index contributed by atoms with van der Waals surface area (Å²) in [4.78, 5) is 4.51. The van der Waals surface area contributed by atoms with Gasteiger partial charge in [-0.1, -0.05) is 26.8 Å². The molecule has 1 saturated carbocycles. The molecular weight excluding hydrogens is 224 g/mol. The zero-order chi connectivity index (χ0) is 13.2. The Balaban J connectivity index is 2.02. The average Bonchev–Trinajstić information content (AvgIpc) is 2.76. The molecule has 18 heavy (non-hydrogen) atoms. The maximum absolute atomic E-state index is 5.48. The highest BCUT2D eigenvalue weighted by Gasteiger charge is 2.27. The first-order valence-electron chi connectivity index (χ1n) is 6.76. The van der Waals surface area contributed by atoms with Gasteiger partial charge in [-0.15, -0.1) is 0 Å². The number of nitrogens with one attached hydrogen (secondary N) is 1. The van der Waals surface area contributed by atoms with Crippen LogP contribution in [0.4, 0.5) is 5.82 Å². The van der Waals surface area contributed by atoms with Gasteiger partial charge in [0.15, 0.2) is 0 Å². The Bertz CT molecular complexity index is 380. The summed E-state index contributed by atoms with van der Waals surface area (Å²) in [7, 11) is 1.79. The van der Waals surface area contributed by atoms with Crippen molar-refractivity contribution in [2.45, 2.75) is 57.6 Å². The molecule has 1 fully saturated rings. The first-order valence-corrected chi connectivity index (χ1v) is 6.76. The summed E-state index contributed by atoms with van der Waals surface area (Å²) < 4.78 is 5.48. The molecule has 100 valence electrons. The van der Waals surface area contributed by atoms with Crippen LogP contribution in [-0.2, 0) is 10.2 Å². The van der Waals surface area contributed by atoms with Crippen LogP contribution in [0.25, 0.3) is 0 Å². The van der Waals surface area contributed by atoms with Crippen molar-refractivity contribution in [1.29, 1.82) is 0 Å². The summed E-state index contributed by atoms with van der Waals surface area (Å²) in [5.74, 6) is 0.956. The lowest BCUT2D eigenvalue weighted by molar-refractivity contribution is 0.101. The number of pyridine rings is 1. The summed E-state index contributed by atoms with van der Waals surface area (Å²) >= 11 is 0. The highest BCUT2D eigenvalue weighted by Crippen LogP contribution is 2.26. The summed E-state index contributed by atoms with van der Waals surface area (Å²) in [5, 5.41) is 3.48. The van der Waals surface area contributed by atoms with E-state index in [4.69, 9.17) is 4.74 Å². The van der Waals surface area contributed by atoms with E-state index < -0.39 is 0 Å². The molecule has 3 heteroatoms. The zero-order valence-corrected chi connectivity index (χ0v) is 11.9. The van der Waals surface area contributed by atoms with Gasteiger partial charge >= 0.3 is 0 Å². The van der Waals surface area contributed by atoms with Crippen LogP contribution in [-0.4, -0.2) is 24.2 Å².